The van der Waals surface area contributed by atoms with Crippen LogP contribution in [0.1, 0.15) is 90.4 Å². The van der Waals surface area contributed by atoms with Crippen molar-refractivity contribution in [2.75, 3.05) is 0 Å². The summed E-state index contributed by atoms with van der Waals surface area (Å²) in [5.74, 6) is -0.107. The molecule has 0 atom stereocenters. The molecule has 29 heavy (non-hydrogen) atoms. The molecule has 6 heteroatoms. The zero-order chi connectivity index (χ0) is 21.4. The lowest BCUT2D eigenvalue weighted by molar-refractivity contribution is -0.134. The summed E-state index contributed by atoms with van der Waals surface area (Å²) in [6.07, 6.45) is 19.4. The van der Waals surface area contributed by atoms with Crippen molar-refractivity contribution in [2.24, 2.45) is 0 Å². The summed E-state index contributed by atoms with van der Waals surface area (Å²) in [5.41, 5.74) is 0. The average molecular weight is 425 g/mol. The second-order valence-electron chi connectivity index (χ2n) is 7.40. The van der Waals surface area contributed by atoms with E-state index in [-0.39, 0.29) is 23.0 Å². The largest absolute Gasteiger partial charge is 0.427 e. The van der Waals surface area contributed by atoms with Crippen LogP contribution >= 0.6 is 0 Å². The molecule has 1 N–H and O–H groups in total. The lowest BCUT2D eigenvalue weighted by atomic mass is 10.1. The van der Waals surface area contributed by atoms with E-state index in [4.69, 9.17) is 9.29 Å². The Kier molecular flexibility index (Phi) is 13.3. The Bertz CT molecular complexity index is 692. The van der Waals surface area contributed by atoms with Crippen LogP contribution in [0.4, 0.5) is 0 Å². The van der Waals surface area contributed by atoms with Crippen LogP contribution < -0.4 is 4.74 Å². The van der Waals surface area contributed by atoms with E-state index in [0.717, 1.165) is 6.42 Å². The van der Waals surface area contributed by atoms with Gasteiger partial charge < -0.3 is 4.74 Å². The van der Waals surface area contributed by atoms with E-state index in [9.17, 15) is 13.2 Å². The van der Waals surface area contributed by atoms with E-state index in [1.54, 1.807) is 0 Å². The summed E-state index contributed by atoms with van der Waals surface area (Å²) in [4.78, 5) is 11.6. The third-order valence-electron chi connectivity index (χ3n) is 4.76. The maximum Gasteiger partial charge on any atom is 0.311 e. The molecule has 0 unspecified atom stereocenters. The number of hydrogen-bond donors (Lipinski definition) is 1. The minimum absolute atomic E-state index is 0.229. The van der Waals surface area contributed by atoms with E-state index in [1.165, 1.54) is 88.5 Å². The Morgan fingerprint density at radius 3 is 1.93 bits per heavy atom. The highest BCUT2D eigenvalue weighted by Gasteiger charge is 2.10. The summed E-state index contributed by atoms with van der Waals surface area (Å²) >= 11 is 0. The summed E-state index contributed by atoms with van der Waals surface area (Å²) < 4.78 is 36.0. The Balaban J connectivity index is 2.02. The average Bonchev–Trinajstić information content (AvgIpc) is 2.68. The molecule has 0 aliphatic heterocycles. The van der Waals surface area contributed by atoms with Crippen molar-refractivity contribution in [3.63, 3.8) is 0 Å². The predicted octanol–water partition coefficient (Wildman–Crippen LogP) is 6.49. The Morgan fingerprint density at radius 2 is 1.38 bits per heavy atom. The zero-order valence-electron chi connectivity index (χ0n) is 17.6. The van der Waals surface area contributed by atoms with Crippen molar-refractivity contribution in [3.05, 3.63) is 36.4 Å². The molecule has 0 amide bonds. The van der Waals surface area contributed by atoms with Crippen LogP contribution in [0.2, 0.25) is 0 Å². The fourth-order valence-corrected chi connectivity index (χ4v) is 3.53. The van der Waals surface area contributed by atoms with Crippen molar-refractivity contribution in [1.29, 1.82) is 0 Å². The number of unbranched alkanes of at least 4 members (excludes halogenated alkanes) is 10. The van der Waals surface area contributed by atoms with Crippen LogP contribution in [-0.4, -0.2) is 18.9 Å². The van der Waals surface area contributed by atoms with Crippen molar-refractivity contribution >= 4 is 16.1 Å². The second kappa shape index (κ2) is 15.2. The Morgan fingerprint density at radius 1 is 0.862 bits per heavy atom. The first-order valence-corrected chi connectivity index (χ1v) is 12.3. The normalized spacial score (nSPS) is 11.8. The monoisotopic (exact) mass is 424 g/mol. The number of allylic oxidation sites excluding steroid dienone is 2. The molecule has 0 spiro atoms. The van der Waals surface area contributed by atoms with Gasteiger partial charge in [-0.15, -0.1) is 0 Å². The number of esters is 1. The molecule has 1 rings (SSSR count). The lowest BCUT2D eigenvalue weighted by Gasteiger charge is -2.04. The van der Waals surface area contributed by atoms with Gasteiger partial charge in [-0.05, 0) is 43.5 Å². The minimum atomic E-state index is -4.23. The molecule has 1 aromatic carbocycles. The number of carbonyl (C=O) groups is 1. The van der Waals surface area contributed by atoms with Gasteiger partial charge in [-0.2, -0.15) is 8.42 Å². The van der Waals surface area contributed by atoms with Gasteiger partial charge in [0.05, 0.1) is 4.90 Å². The van der Waals surface area contributed by atoms with Gasteiger partial charge in [-0.1, -0.05) is 76.9 Å². The highest BCUT2D eigenvalue weighted by molar-refractivity contribution is 7.85. The third kappa shape index (κ3) is 13.2. The maximum absolute atomic E-state index is 11.8. The molecule has 0 fully saturated rings. The predicted molar refractivity (Wildman–Crippen MR) is 117 cm³/mol. The third-order valence-corrected chi connectivity index (χ3v) is 5.63. The fourth-order valence-electron chi connectivity index (χ4n) is 3.05. The number of hydrogen-bond acceptors (Lipinski definition) is 4. The first-order valence-electron chi connectivity index (χ1n) is 10.9. The molecular weight excluding hydrogens is 388 g/mol. The van der Waals surface area contributed by atoms with Gasteiger partial charge in [-0.25, -0.2) is 0 Å². The number of benzene rings is 1. The van der Waals surface area contributed by atoms with E-state index in [1.807, 2.05) is 6.08 Å². The van der Waals surface area contributed by atoms with Crippen LogP contribution in [0.25, 0.3) is 0 Å². The highest BCUT2D eigenvalue weighted by Crippen LogP contribution is 2.16. The molecule has 1 aromatic rings. The van der Waals surface area contributed by atoms with Crippen LogP contribution in [0.3, 0.4) is 0 Å². The maximum atomic E-state index is 11.8. The molecule has 0 heterocycles. The highest BCUT2D eigenvalue weighted by atomic mass is 32.2. The van der Waals surface area contributed by atoms with Gasteiger partial charge >= 0.3 is 5.97 Å². The van der Waals surface area contributed by atoms with Crippen molar-refractivity contribution in [2.45, 2.75) is 95.3 Å². The van der Waals surface area contributed by atoms with Gasteiger partial charge in [0.15, 0.2) is 0 Å². The van der Waals surface area contributed by atoms with E-state index in [0.29, 0.717) is 6.42 Å². The van der Waals surface area contributed by atoms with Crippen molar-refractivity contribution < 1.29 is 22.5 Å². The second-order valence-corrected chi connectivity index (χ2v) is 8.82. The SMILES string of the molecule is CCCCCCCCCCCCC=CCCC(=O)Oc1ccc(S(=O)(=O)O)cc1. The molecule has 0 saturated heterocycles. The van der Waals surface area contributed by atoms with Crippen LogP contribution in [0.5, 0.6) is 5.75 Å². The molecule has 0 saturated carbocycles. The summed E-state index contributed by atoms with van der Waals surface area (Å²) in [6.45, 7) is 2.25. The first-order chi connectivity index (χ1) is 13.9. The summed E-state index contributed by atoms with van der Waals surface area (Å²) in [6, 6.07) is 5.10. The van der Waals surface area contributed by atoms with Gasteiger partial charge in [0, 0.05) is 6.42 Å². The van der Waals surface area contributed by atoms with Crippen LogP contribution in [0, 0.1) is 0 Å². The Labute approximate surface area is 176 Å². The summed E-state index contributed by atoms with van der Waals surface area (Å²) in [7, 11) is -4.23. The first kappa shape index (κ1) is 25.4. The topological polar surface area (TPSA) is 80.7 Å². The van der Waals surface area contributed by atoms with Gasteiger partial charge in [-0.3, -0.25) is 9.35 Å². The molecule has 0 aliphatic carbocycles. The fraction of sp³-hybridized carbons (Fsp3) is 0.609. The zero-order valence-corrected chi connectivity index (χ0v) is 18.5. The van der Waals surface area contributed by atoms with E-state index >= 15 is 0 Å². The lowest BCUT2D eigenvalue weighted by Crippen LogP contribution is -2.07. The molecule has 5 nitrogen and oxygen atoms in total. The number of carbonyl (C=O) groups excluding carboxylic acids is 1. The molecule has 0 radical (unpaired) electrons. The molecule has 164 valence electrons. The molecule has 0 bridgehead atoms. The number of ether oxygens (including phenoxy) is 1. The van der Waals surface area contributed by atoms with Crippen molar-refractivity contribution in [3.8, 4) is 5.75 Å². The molecule has 0 aromatic heterocycles. The van der Waals surface area contributed by atoms with Gasteiger partial charge in [0.1, 0.15) is 5.75 Å². The van der Waals surface area contributed by atoms with E-state index in [2.05, 4.69) is 13.0 Å². The van der Waals surface area contributed by atoms with Crippen molar-refractivity contribution in [1.82, 2.24) is 0 Å². The van der Waals surface area contributed by atoms with Crippen LogP contribution in [0.15, 0.2) is 41.3 Å². The number of rotatable bonds is 16. The summed E-state index contributed by atoms with van der Waals surface area (Å²) in [5, 5.41) is 0. The Hall–Kier alpha value is -1.66. The van der Waals surface area contributed by atoms with Gasteiger partial charge in [0.25, 0.3) is 10.1 Å². The van der Waals surface area contributed by atoms with Gasteiger partial charge in [0.2, 0.25) is 0 Å². The van der Waals surface area contributed by atoms with E-state index < -0.39 is 10.1 Å². The smallest absolute Gasteiger partial charge is 0.311 e. The minimum Gasteiger partial charge on any atom is -0.427 e. The molecular formula is C23H36O5S. The standard InChI is InChI=1S/C23H36O5S/c1-2-3-4-5-6-7-8-9-10-11-12-13-14-15-16-23(24)28-21-17-19-22(20-18-21)29(25,26)27/h13-14,17-20H,2-12,15-16H2,1H3,(H,25,26,27). The van der Waals surface area contributed by atoms with Crippen LogP contribution in [-0.2, 0) is 14.9 Å². The quantitative estimate of drug-likeness (QED) is 0.108. The molecule has 0 aliphatic rings.